The van der Waals surface area contributed by atoms with Crippen LogP contribution in [0.1, 0.15) is 10.6 Å². The van der Waals surface area contributed by atoms with E-state index in [2.05, 4.69) is 10.0 Å². The zero-order valence-corrected chi connectivity index (χ0v) is 15.5. The maximum absolute atomic E-state index is 12.4. The lowest BCUT2D eigenvalue weighted by Gasteiger charge is -2.13. The Labute approximate surface area is 157 Å². The van der Waals surface area contributed by atoms with Crippen LogP contribution in [0.15, 0.2) is 57.4 Å². The van der Waals surface area contributed by atoms with Crippen molar-refractivity contribution in [1.82, 2.24) is 0 Å². The monoisotopic (exact) mass is 416 g/mol. The molecule has 0 radical (unpaired) electrons. The quantitative estimate of drug-likeness (QED) is 0.630. The Morgan fingerprint density at radius 1 is 1.08 bits per heavy atom. The average molecular weight is 417 g/mol. The number of thiophene rings is 1. The summed E-state index contributed by atoms with van der Waals surface area (Å²) >= 11 is 12.7. The fraction of sp³-hybridized carbons (Fsp3) is 0. The second kappa shape index (κ2) is 7.09. The predicted molar refractivity (Wildman–Crippen MR) is 98.3 cm³/mol. The maximum atomic E-state index is 12.4. The van der Waals surface area contributed by atoms with Gasteiger partial charge in [-0.3, -0.25) is 9.52 Å². The zero-order valence-electron chi connectivity index (χ0n) is 12.3. The van der Waals surface area contributed by atoms with Crippen molar-refractivity contribution in [2.45, 2.75) is 4.21 Å². The fourth-order valence-corrected chi connectivity index (χ4v) is 4.67. The van der Waals surface area contributed by atoms with Crippen LogP contribution < -0.4 is 10.0 Å². The van der Waals surface area contributed by atoms with Crippen LogP contribution in [0.25, 0.3) is 0 Å². The van der Waals surface area contributed by atoms with Gasteiger partial charge in [-0.2, -0.15) is 0 Å². The molecule has 0 aliphatic carbocycles. The normalized spacial score (nSPS) is 11.3. The van der Waals surface area contributed by atoms with Gasteiger partial charge in [0.15, 0.2) is 5.76 Å². The highest BCUT2D eigenvalue weighted by Crippen LogP contribution is 2.31. The first-order valence-electron chi connectivity index (χ1n) is 6.78. The van der Waals surface area contributed by atoms with Crippen LogP contribution in [0, 0.1) is 0 Å². The van der Waals surface area contributed by atoms with E-state index < -0.39 is 15.9 Å². The molecule has 0 aliphatic rings. The van der Waals surface area contributed by atoms with Crippen LogP contribution in [0.5, 0.6) is 0 Å². The Morgan fingerprint density at radius 3 is 2.52 bits per heavy atom. The number of carbonyl (C=O) groups excluding carboxylic acids is 1. The number of halogens is 2. The third-order valence-corrected chi connectivity index (χ3v) is 6.36. The summed E-state index contributed by atoms with van der Waals surface area (Å²) in [6, 6.07) is 10.3. The molecule has 0 unspecified atom stereocenters. The molecule has 0 aliphatic heterocycles. The smallest absolute Gasteiger partial charge is 0.291 e. The van der Waals surface area contributed by atoms with Crippen molar-refractivity contribution in [2.75, 3.05) is 10.0 Å². The van der Waals surface area contributed by atoms with Gasteiger partial charge in [-0.05, 0) is 42.5 Å². The van der Waals surface area contributed by atoms with Crippen molar-refractivity contribution in [3.63, 3.8) is 0 Å². The third-order valence-electron chi connectivity index (χ3n) is 3.03. The molecule has 2 aromatic heterocycles. The van der Waals surface area contributed by atoms with Crippen LogP contribution in [-0.4, -0.2) is 14.3 Å². The van der Waals surface area contributed by atoms with Gasteiger partial charge in [0, 0.05) is 5.02 Å². The van der Waals surface area contributed by atoms with E-state index in [1.807, 2.05) is 0 Å². The Kier molecular flexibility index (Phi) is 5.05. The maximum Gasteiger partial charge on any atom is 0.291 e. The number of carbonyl (C=O) groups is 1. The number of hydrogen-bond acceptors (Lipinski definition) is 5. The molecule has 2 heterocycles. The van der Waals surface area contributed by atoms with Crippen molar-refractivity contribution < 1.29 is 17.6 Å². The number of hydrogen-bond donors (Lipinski definition) is 2. The molecule has 3 aromatic rings. The molecule has 130 valence electrons. The van der Waals surface area contributed by atoms with E-state index in [-0.39, 0.29) is 21.3 Å². The van der Waals surface area contributed by atoms with E-state index in [4.69, 9.17) is 27.6 Å². The lowest BCUT2D eigenvalue weighted by Crippen LogP contribution is -2.16. The van der Waals surface area contributed by atoms with E-state index in [1.54, 1.807) is 6.07 Å². The number of anilines is 2. The molecule has 0 atom stereocenters. The van der Waals surface area contributed by atoms with E-state index in [0.29, 0.717) is 9.36 Å². The zero-order chi connectivity index (χ0) is 18.0. The Hall–Kier alpha value is -2.00. The van der Waals surface area contributed by atoms with Gasteiger partial charge in [-0.1, -0.05) is 23.2 Å². The van der Waals surface area contributed by atoms with Crippen molar-refractivity contribution in [3.05, 3.63) is 63.8 Å². The summed E-state index contributed by atoms with van der Waals surface area (Å²) in [4.78, 5) is 12.1. The predicted octanol–water partition coefficient (Wildman–Crippen LogP) is 4.70. The number of furan rings is 1. The van der Waals surface area contributed by atoms with E-state index in [0.717, 1.165) is 11.3 Å². The molecule has 0 bridgehead atoms. The molecule has 3 rings (SSSR count). The molecule has 1 amide bonds. The van der Waals surface area contributed by atoms with Crippen LogP contribution in [0.2, 0.25) is 9.36 Å². The third kappa shape index (κ3) is 4.16. The number of nitrogens with one attached hydrogen (secondary N) is 2. The minimum absolute atomic E-state index is 0.0516. The second-order valence-corrected chi connectivity index (χ2v) is 8.85. The summed E-state index contributed by atoms with van der Waals surface area (Å²) in [6.07, 6.45) is 1.36. The van der Waals surface area contributed by atoms with Gasteiger partial charge >= 0.3 is 0 Å². The summed E-state index contributed by atoms with van der Waals surface area (Å²) < 4.78 is 32.7. The van der Waals surface area contributed by atoms with E-state index in [9.17, 15) is 13.2 Å². The summed E-state index contributed by atoms with van der Waals surface area (Å²) in [5.41, 5.74) is 0.356. The molecule has 6 nitrogen and oxygen atoms in total. The molecule has 0 saturated heterocycles. The summed E-state index contributed by atoms with van der Waals surface area (Å²) in [5, 5.41) is 2.90. The first-order chi connectivity index (χ1) is 11.8. The van der Waals surface area contributed by atoms with Gasteiger partial charge in [0.1, 0.15) is 4.21 Å². The van der Waals surface area contributed by atoms with Crippen molar-refractivity contribution in [1.29, 1.82) is 0 Å². The Balaban J connectivity index is 1.90. The minimum Gasteiger partial charge on any atom is -0.459 e. The summed E-state index contributed by atoms with van der Waals surface area (Å²) in [5.74, 6) is -0.453. The molecule has 0 saturated carbocycles. The van der Waals surface area contributed by atoms with Gasteiger partial charge in [-0.25, -0.2) is 8.42 Å². The molecular weight excluding hydrogens is 407 g/mol. The fourth-order valence-electron chi connectivity index (χ4n) is 1.94. The molecule has 0 fully saturated rings. The highest BCUT2D eigenvalue weighted by molar-refractivity contribution is 7.94. The van der Waals surface area contributed by atoms with Gasteiger partial charge in [0.05, 0.1) is 22.0 Å². The number of benzene rings is 1. The Morgan fingerprint density at radius 2 is 1.88 bits per heavy atom. The van der Waals surface area contributed by atoms with Gasteiger partial charge in [0.2, 0.25) is 0 Å². The number of amides is 1. The van der Waals surface area contributed by atoms with Crippen molar-refractivity contribution >= 4 is 61.8 Å². The molecule has 1 aromatic carbocycles. The van der Waals surface area contributed by atoms with E-state index in [1.165, 1.54) is 42.7 Å². The van der Waals surface area contributed by atoms with E-state index >= 15 is 0 Å². The molecule has 25 heavy (non-hydrogen) atoms. The average Bonchev–Trinajstić information content (AvgIpc) is 3.21. The van der Waals surface area contributed by atoms with Gasteiger partial charge in [0.25, 0.3) is 15.9 Å². The standard InChI is InChI=1S/C15H10Cl2N2O4S2/c16-9-3-4-10(19-25(21,22)14-6-5-13(17)24-14)11(8-9)18-15(20)12-2-1-7-23-12/h1-8,19H,(H,18,20). The van der Waals surface area contributed by atoms with Crippen LogP contribution in [-0.2, 0) is 10.0 Å². The van der Waals surface area contributed by atoms with Crippen molar-refractivity contribution in [2.24, 2.45) is 0 Å². The molecule has 10 heteroatoms. The largest absolute Gasteiger partial charge is 0.459 e. The van der Waals surface area contributed by atoms with Crippen LogP contribution in [0.4, 0.5) is 11.4 Å². The number of rotatable bonds is 5. The SMILES string of the molecule is O=C(Nc1cc(Cl)ccc1NS(=O)(=O)c1ccc(Cl)s1)c1ccco1. The summed E-state index contributed by atoms with van der Waals surface area (Å²) in [7, 11) is -3.85. The summed E-state index contributed by atoms with van der Waals surface area (Å²) in [6.45, 7) is 0. The first kappa shape index (κ1) is 17.8. The van der Waals surface area contributed by atoms with Gasteiger partial charge in [-0.15, -0.1) is 11.3 Å². The van der Waals surface area contributed by atoms with Crippen LogP contribution >= 0.6 is 34.5 Å². The second-order valence-electron chi connectivity index (χ2n) is 4.79. The highest BCUT2D eigenvalue weighted by Gasteiger charge is 2.20. The molecule has 2 N–H and O–H groups in total. The lowest BCUT2D eigenvalue weighted by atomic mass is 10.2. The molecular formula is C15H10Cl2N2O4S2. The Bertz CT molecular complexity index is 1010. The van der Waals surface area contributed by atoms with Gasteiger partial charge < -0.3 is 9.73 Å². The topological polar surface area (TPSA) is 88.4 Å². The molecule has 0 spiro atoms. The lowest BCUT2D eigenvalue weighted by molar-refractivity contribution is 0.0996. The first-order valence-corrected chi connectivity index (χ1v) is 9.83. The number of sulfonamides is 1. The van der Waals surface area contributed by atoms with Crippen molar-refractivity contribution in [3.8, 4) is 0 Å². The minimum atomic E-state index is -3.85. The highest BCUT2D eigenvalue weighted by atomic mass is 35.5. The van der Waals surface area contributed by atoms with Crippen LogP contribution in [0.3, 0.4) is 0 Å².